The molecule has 3 rings (SSSR count). The van der Waals surface area contributed by atoms with Gasteiger partial charge in [0.15, 0.2) is 0 Å². The first-order chi connectivity index (χ1) is 15.3. The minimum Gasteiger partial charge on any atom is -0.497 e. The van der Waals surface area contributed by atoms with E-state index in [4.69, 9.17) is 4.74 Å². The van der Waals surface area contributed by atoms with Crippen LogP contribution in [0.2, 0.25) is 0 Å². The highest BCUT2D eigenvalue weighted by molar-refractivity contribution is 7.89. The molecule has 0 bridgehead atoms. The molecule has 2 aromatic carbocycles. The molecule has 0 unspecified atom stereocenters. The number of amides is 1. The minimum absolute atomic E-state index is 0.0456. The number of methoxy groups -OCH3 is 1. The van der Waals surface area contributed by atoms with E-state index in [0.717, 1.165) is 22.4 Å². The first-order valence-electron chi connectivity index (χ1n) is 10.9. The van der Waals surface area contributed by atoms with Crippen LogP contribution in [0.3, 0.4) is 0 Å². The quantitative estimate of drug-likeness (QED) is 0.565. The Kier molecular flexibility index (Phi) is 7.74. The summed E-state index contributed by atoms with van der Waals surface area (Å²) in [7, 11) is -1.94. The Morgan fingerprint density at radius 3 is 2.38 bits per heavy atom. The highest BCUT2D eigenvalue weighted by Crippen LogP contribution is 2.27. The van der Waals surface area contributed by atoms with E-state index in [1.165, 1.54) is 4.31 Å². The van der Waals surface area contributed by atoms with Gasteiger partial charge in [-0.15, -0.1) is 6.58 Å². The Labute approximate surface area is 191 Å². The second-order valence-electron chi connectivity index (χ2n) is 8.30. The normalized spacial score (nSPS) is 15.3. The van der Waals surface area contributed by atoms with Crippen molar-refractivity contribution < 1.29 is 17.9 Å². The lowest BCUT2D eigenvalue weighted by Crippen LogP contribution is -2.44. The molecular formula is C25H32N2O4S. The predicted octanol–water partition coefficient (Wildman–Crippen LogP) is 3.93. The number of benzene rings is 2. The minimum atomic E-state index is -3.56. The van der Waals surface area contributed by atoms with Crippen LogP contribution in [0.1, 0.15) is 29.5 Å². The predicted molar refractivity (Wildman–Crippen MR) is 126 cm³/mol. The van der Waals surface area contributed by atoms with E-state index < -0.39 is 10.0 Å². The largest absolute Gasteiger partial charge is 0.497 e. The highest BCUT2D eigenvalue weighted by Gasteiger charge is 2.34. The van der Waals surface area contributed by atoms with Gasteiger partial charge >= 0.3 is 0 Å². The third-order valence-electron chi connectivity index (χ3n) is 5.95. The summed E-state index contributed by atoms with van der Waals surface area (Å²) in [6.07, 6.45) is 2.75. The Balaban J connectivity index is 1.66. The molecule has 1 aliphatic rings. The number of rotatable bonds is 8. The van der Waals surface area contributed by atoms with Crippen molar-refractivity contribution in [2.45, 2.75) is 38.1 Å². The molecule has 1 amide bonds. The molecule has 1 saturated heterocycles. The van der Waals surface area contributed by atoms with Crippen molar-refractivity contribution in [2.75, 3.05) is 26.7 Å². The lowest BCUT2D eigenvalue weighted by molar-refractivity contribution is -0.136. The summed E-state index contributed by atoms with van der Waals surface area (Å²) in [4.78, 5) is 15.4. The monoisotopic (exact) mass is 456 g/mol. The summed E-state index contributed by atoms with van der Waals surface area (Å²) in [5, 5.41) is 0. The molecule has 0 spiro atoms. The van der Waals surface area contributed by atoms with E-state index >= 15 is 0 Å². The summed E-state index contributed by atoms with van der Waals surface area (Å²) in [6, 6.07) is 13.0. The van der Waals surface area contributed by atoms with Crippen LogP contribution in [0, 0.1) is 19.8 Å². The van der Waals surface area contributed by atoms with E-state index in [1.54, 1.807) is 24.2 Å². The van der Waals surface area contributed by atoms with Crippen molar-refractivity contribution in [3.63, 3.8) is 0 Å². The molecule has 2 aromatic rings. The lowest BCUT2D eigenvalue weighted by atomic mass is 9.96. The van der Waals surface area contributed by atoms with Crippen molar-refractivity contribution >= 4 is 15.9 Å². The van der Waals surface area contributed by atoms with Crippen molar-refractivity contribution in [2.24, 2.45) is 5.92 Å². The smallest absolute Gasteiger partial charge is 0.243 e. The number of hydrogen-bond acceptors (Lipinski definition) is 4. The van der Waals surface area contributed by atoms with E-state index in [-0.39, 0.29) is 11.8 Å². The van der Waals surface area contributed by atoms with Gasteiger partial charge in [-0.05, 0) is 56.0 Å². The van der Waals surface area contributed by atoms with Gasteiger partial charge in [0, 0.05) is 32.1 Å². The van der Waals surface area contributed by atoms with Gasteiger partial charge in [-0.2, -0.15) is 4.31 Å². The highest BCUT2D eigenvalue weighted by atomic mass is 32.2. The molecule has 0 saturated carbocycles. The molecule has 1 fully saturated rings. The third kappa shape index (κ3) is 5.40. The van der Waals surface area contributed by atoms with Crippen molar-refractivity contribution in [1.82, 2.24) is 9.21 Å². The maximum Gasteiger partial charge on any atom is 0.243 e. The van der Waals surface area contributed by atoms with Crippen LogP contribution in [-0.4, -0.2) is 50.3 Å². The summed E-state index contributed by atoms with van der Waals surface area (Å²) in [5.41, 5.74) is 2.79. The van der Waals surface area contributed by atoms with Gasteiger partial charge in [0.1, 0.15) is 5.75 Å². The van der Waals surface area contributed by atoms with Crippen LogP contribution in [0.15, 0.2) is 60.0 Å². The van der Waals surface area contributed by atoms with E-state index in [0.29, 0.717) is 43.9 Å². The van der Waals surface area contributed by atoms with Crippen molar-refractivity contribution in [3.05, 3.63) is 71.8 Å². The number of carbonyl (C=O) groups is 1. The summed E-state index contributed by atoms with van der Waals surface area (Å²) in [5.74, 6) is 0.621. The van der Waals surface area contributed by atoms with E-state index in [2.05, 4.69) is 6.58 Å². The van der Waals surface area contributed by atoms with Gasteiger partial charge in [0.2, 0.25) is 15.9 Å². The zero-order valence-corrected chi connectivity index (χ0v) is 19.9. The first kappa shape index (κ1) is 24.0. The third-order valence-corrected chi connectivity index (χ3v) is 8.00. The second-order valence-corrected chi connectivity index (χ2v) is 10.2. The van der Waals surface area contributed by atoms with Gasteiger partial charge < -0.3 is 9.64 Å². The maximum absolute atomic E-state index is 13.2. The second kappa shape index (κ2) is 10.3. The first-order valence-corrected chi connectivity index (χ1v) is 12.3. The molecule has 0 atom stereocenters. The fourth-order valence-electron chi connectivity index (χ4n) is 4.17. The van der Waals surface area contributed by atoms with Gasteiger partial charge in [-0.1, -0.05) is 35.9 Å². The molecule has 7 heteroatoms. The Hall–Kier alpha value is -2.64. The number of piperidine rings is 1. The average molecular weight is 457 g/mol. The maximum atomic E-state index is 13.2. The molecule has 0 N–H and O–H groups in total. The average Bonchev–Trinajstić information content (AvgIpc) is 2.78. The molecule has 1 aliphatic heterocycles. The molecule has 1 heterocycles. The zero-order valence-electron chi connectivity index (χ0n) is 19.1. The number of carbonyl (C=O) groups excluding carboxylic acids is 1. The van der Waals surface area contributed by atoms with Crippen molar-refractivity contribution in [3.8, 4) is 5.75 Å². The van der Waals surface area contributed by atoms with Crippen LogP contribution in [0.25, 0.3) is 0 Å². The van der Waals surface area contributed by atoms with Crippen LogP contribution < -0.4 is 4.74 Å². The number of ether oxygens (including phenoxy) is 1. The number of aryl methyl sites for hydroxylation is 2. The number of sulfonamides is 1. The molecule has 32 heavy (non-hydrogen) atoms. The SMILES string of the molecule is C=CCN(Cc1ccc(OC)cc1)C(=O)C1CCN(S(=O)(=O)c2ccc(C)cc2C)CC1. The molecule has 0 aliphatic carbocycles. The molecule has 172 valence electrons. The lowest BCUT2D eigenvalue weighted by Gasteiger charge is -2.33. The van der Waals surface area contributed by atoms with Gasteiger partial charge in [0.25, 0.3) is 0 Å². The summed E-state index contributed by atoms with van der Waals surface area (Å²) < 4.78 is 33.0. The van der Waals surface area contributed by atoms with Crippen molar-refractivity contribution in [1.29, 1.82) is 0 Å². The molecule has 6 nitrogen and oxygen atoms in total. The zero-order chi connectivity index (χ0) is 23.3. The van der Waals surface area contributed by atoms with Gasteiger partial charge in [-0.25, -0.2) is 8.42 Å². The molecule has 0 aromatic heterocycles. The standard InChI is InChI=1S/C25H32N2O4S/c1-5-14-26(18-21-7-9-23(31-4)10-8-21)25(28)22-12-15-27(16-13-22)32(29,30)24-11-6-19(2)17-20(24)3/h5-11,17,22H,1,12-16,18H2,2-4H3. The topological polar surface area (TPSA) is 66.9 Å². The number of hydrogen-bond donors (Lipinski definition) is 0. The fraction of sp³-hybridized carbons (Fsp3) is 0.400. The fourth-order valence-corrected chi connectivity index (χ4v) is 5.84. The molecular weight excluding hydrogens is 424 g/mol. The van der Waals surface area contributed by atoms with E-state index in [9.17, 15) is 13.2 Å². The number of nitrogens with zero attached hydrogens (tertiary/aromatic N) is 2. The van der Waals surface area contributed by atoms with Crippen LogP contribution in [-0.2, 0) is 21.4 Å². The van der Waals surface area contributed by atoms with Crippen LogP contribution in [0.5, 0.6) is 5.75 Å². The van der Waals surface area contributed by atoms with E-state index in [1.807, 2.05) is 50.2 Å². The Morgan fingerprint density at radius 1 is 1.16 bits per heavy atom. The van der Waals surface area contributed by atoms with Crippen LogP contribution >= 0.6 is 0 Å². The summed E-state index contributed by atoms with van der Waals surface area (Å²) in [6.45, 7) is 9.18. The van der Waals surface area contributed by atoms with Gasteiger partial charge in [0.05, 0.1) is 12.0 Å². The Bertz CT molecular complexity index is 1060. The molecule has 0 radical (unpaired) electrons. The Morgan fingerprint density at radius 2 is 1.81 bits per heavy atom. The van der Waals surface area contributed by atoms with Gasteiger partial charge in [-0.3, -0.25) is 4.79 Å². The van der Waals surface area contributed by atoms with Crippen LogP contribution in [0.4, 0.5) is 0 Å². The summed E-state index contributed by atoms with van der Waals surface area (Å²) >= 11 is 0.